The van der Waals surface area contributed by atoms with Gasteiger partial charge in [0.2, 0.25) is 5.95 Å². The SMILES string of the molecule is OCCNc1nc(Nc2c(F)cc(F)cc2F)cc(-c2cccc(OC(F)(F)F)c2)n1. The van der Waals surface area contributed by atoms with E-state index >= 15 is 0 Å². The lowest BCUT2D eigenvalue weighted by molar-refractivity contribution is -0.274. The van der Waals surface area contributed by atoms with E-state index in [9.17, 15) is 26.3 Å². The van der Waals surface area contributed by atoms with Gasteiger partial charge < -0.3 is 20.5 Å². The van der Waals surface area contributed by atoms with Crippen LogP contribution in [0.25, 0.3) is 11.3 Å². The molecule has 0 radical (unpaired) electrons. The lowest BCUT2D eigenvalue weighted by atomic mass is 10.1. The number of nitrogens with zero attached hydrogens (tertiary/aromatic N) is 2. The molecule has 3 N–H and O–H groups in total. The molecule has 31 heavy (non-hydrogen) atoms. The molecule has 1 heterocycles. The van der Waals surface area contributed by atoms with Crippen molar-refractivity contribution in [3.05, 3.63) is 59.9 Å². The number of anilines is 3. The molecule has 0 saturated carbocycles. The van der Waals surface area contributed by atoms with Gasteiger partial charge >= 0.3 is 6.36 Å². The Bertz CT molecular complexity index is 1050. The van der Waals surface area contributed by atoms with E-state index in [1.165, 1.54) is 18.2 Å². The summed E-state index contributed by atoms with van der Waals surface area (Å²) in [6.07, 6.45) is -4.90. The molecule has 0 bridgehead atoms. The number of alkyl halides is 3. The summed E-state index contributed by atoms with van der Waals surface area (Å²) in [5.41, 5.74) is -0.430. The molecule has 0 spiro atoms. The Labute approximate surface area is 171 Å². The molecule has 0 aliphatic heterocycles. The molecule has 2 aromatic carbocycles. The van der Waals surface area contributed by atoms with Crippen LogP contribution in [0.5, 0.6) is 5.75 Å². The first kappa shape index (κ1) is 22.2. The molecule has 0 fully saturated rings. The number of benzene rings is 2. The minimum absolute atomic E-state index is 0.0272. The van der Waals surface area contributed by atoms with Crippen LogP contribution in [-0.4, -0.2) is 34.6 Å². The van der Waals surface area contributed by atoms with E-state index in [1.54, 1.807) is 0 Å². The van der Waals surface area contributed by atoms with Gasteiger partial charge in [-0.1, -0.05) is 12.1 Å². The summed E-state index contributed by atoms with van der Waals surface area (Å²) in [6, 6.07) is 7.04. The molecular weight excluding hydrogens is 430 g/mol. The third kappa shape index (κ3) is 5.98. The Morgan fingerprint density at radius 1 is 0.968 bits per heavy atom. The summed E-state index contributed by atoms with van der Waals surface area (Å²) in [5, 5.41) is 14.0. The first-order valence-electron chi connectivity index (χ1n) is 8.66. The van der Waals surface area contributed by atoms with E-state index < -0.39 is 35.3 Å². The minimum Gasteiger partial charge on any atom is -0.406 e. The molecule has 3 rings (SSSR count). The Kier molecular flexibility index (Phi) is 6.49. The van der Waals surface area contributed by atoms with Gasteiger partial charge in [-0.2, -0.15) is 4.98 Å². The Morgan fingerprint density at radius 3 is 2.32 bits per heavy atom. The Morgan fingerprint density at radius 2 is 1.68 bits per heavy atom. The highest BCUT2D eigenvalue weighted by Gasteiger charge is 2.31. The molecule has 3 aromatic rings. The van der Waals surface area contributed by atoms with Gasteiger partial charge in [0.15, 0.2) is 11.6 Å². The van der Waals surface area contributed by atoms with Gasteiger partial charge in [0.1, 0.15) is 23.1 Å². The van der Waals surface area contributed by atoms with Crippen molar-refractivity contribution in [2.75, 3.05) is 23.8 Å². The summed E-state index contributed by atoms with van der Waals surface area (Å²) in [7, 11) is 0. The summed E-state index contributed by atoms with van der Waals surface area (Å²) in [5.74, 6) is -4.28. The van der Waals surface area contributed by atoms with Crippen molar-refractivity contribution in [2.24, 2.45) is 0 Å². The number of aliphatic hydroxyl groups excluding tert-OH is 1. The van der Waals surface area contributed by atoms with Crippen molar-refractivity contribution in [2.45, 2.75) is 6.36 Å². The van der Waals surface area contributed by atoms with Crippen LogP contribution in [0.2, 0.25) is 0 Å². The van der Waals surface area contributed by atoms with Crippen molar-refractivity contribution in [3.8, 4) is 17.0 Å². The van der Waals surface area contributed by atoms with E-state index in [1.807, 2.05) is 0 Å². The maximum Gasteiger partial charge on any atom is 0.573 e. The van der Waals surface area contributed by atoms with E-state index in [0.717, 1.165) is 12.1 Å². The van der Waals surface area contributed by atoms with Gasteiger partial charge in [-0.15, -0.1) is 13.2 Å². The average molecular weight is 444 g/mol. The van der Waals surface area contributed by atoms with Crippen LogP contribution in [0, 0.1) is 17.5 Å². The molecule has 12 heteroatoms. The highest BCUT2D eigenvalue weighted by atomic mass is 19.4. The molecule has 6 nitrogen and oxygen atoms in total. The monoisotopic (exact) mass is 444 g/mol. The zero-order chi connectivity index (χ0) is 22.6. The minimum atomic E-state index is -4.90. The van der Waals surface area contributed by atoms with Crippen LogP contribution < -0.4 is 15.4 Å². The van der Waals surface area contributed by atoms with Crippen LogP contribution in [0.1, 0.15) is 0 Å². The zero-order valence-corrected chi connectivity index (χ0v) is 15.5. The maximum absolute atomic E-state index is 14.0. The van der Waals surface area contributed by atoms with Crippen molar-refractivity contribution in [1.29, 1.82) is 0 Å². The smallest absolute Gasteiger partial charge is 0.406 e. The number of aromatic nitrogens is 2. The number of ether oxygens (including phenoxy) is 1. The number of halogens is 6. The predicted molar refractivity (Wildman–Crippen MR) is 99.3 cm³/mol. The highest BCUT2D eigenvalue weighted by molar-refractivity contribution is 5.68. The average Bonchev–Trinajstić information content (AvgIpc) is 2.68. The molecule has 0 aliphatic rings. The lowest BCUT2D eigenvalue weighted by Gasteiger charge is -2.13. The van der Waals surface area contributed by atoms with Gasteiger partial charge in [-0.3, -0.25) is 0 Å². The second-order valence-electron chi connectivity index (χ2n) is 6.06. The molecular formula is C19H14F6N4O2. The topological polar surface area (TPSA) is 79.3 Å². The summed E-state index contributed by atoms with van der Waals surface area (Å²) < 4.78 is 82.5. The van der Waals surface area contributed by atoms with E-state index in [0.29, 0.717) is 12.1 Å². The van der Waals surface area contributed by atoms with E-state index in [-0.39, 0.29) is 36.2 Å². The van der Waals surface area contributed by atoms with Gasteiger partial charge in [0, 0.05) is 30.3 Å². The van der Waals surface area contributed by atoms with Gasteiger partial charge in [-0.05, 0) is 12.1 Å². The number of aliphatic hydroxyl groups is 1. The van der Waals surface area contributed by atoms with Crippen LogP contribution >= 0.6 is 0 Å². The van der Waals surface area contributed by atoms with Gasteiger partial charge in [0.05, 0.1) is 12.3 Å². The van der Waals surface area contributed by atoms with Crippen LogP contribution in [-0.2, 0) is 0 Å². The zero-order valence-electron chi connectivity index (χ0n) is 15.5. The summed E-state index contributed by atoms with van der Waals surface area (Å²) in [6.45, 7) is -0.258. The number of nitrogens with one attached hydrogen (secondary N) is 2. The number of hydrogen-bond donors (Lipinski definition) is 3. The van der Waals surface area contributed by atoms with Crippen molar-refractivity contribution in [3.63, 3.8) is 0 Å². The highest BCUT2D eigenvalue weighted by Crippen LogP contribution is 2.30. The fourth-order valence-electron chi connectivity index (χ4n) is 2.55. The summed E-state index contributed by atoms with van der Waals surface area (Å²) in [4.78, 5) is 8.12. The molecule has 0 saturated heterocycles. The predicted octanol–water partition coefficient (Wildman–Crippen LogP) is 4.61. The molecule has 164 valence electrons. The standard InChI is InChI=1S/C19H14F6N4O2/c20-11-7-13(21)17(14(22)8-11)28-16-9-15(27-18(29-16)26-4-5-30)10-2-1-3-12(6-10)31-19(23,24)25/h1-3,6-9,30H,4-5H2,(H2,26,27,28,29). The third-order valence-corrected chi connectivity index (χ3v) is 3.74. The largest absolute Gasteiger partial charge is 0.573 e. The third-order valence-electron chi connectivity index (χ3n) is 3.74. The second kappa shape index (κ2) is 9.08. The molecule has 1 aromatic heterocycles. The Balaban J connectivity index is 2.01. The molecule has 0 aliphatic carbocycles. The van der Waals surface area contributed by atoms with Crippen molar-refractivity contribution < 1.29 is 36.2 Å². The maximum atomic E-state index is 14.0. The molecule has 0 atom stereocenters. The fourth-order valence-corrected chi connectivity index (χ4v) is 2.55. The quantitative estimate of drug-likeness (QED) is 0.462. The van der Waals surface area contributed by atoms with E-state index in [4.69, 9.17) is 5.11 Å². The molecule has 0 unspecified atom stereocenters. The number of hydrogen-bond acceptors (Lipinski definition) is 6. The van der Waals surface area contributed by atoms with Gasteiger partial charge in [0.25, 0.3) is 0 Å². The first-order chi connectivity index (χ1) is 14.6. The first-order valence-corrected chi connectivity index (χ1v) is 8.66. The Hall–Kier alpha value is -3.54. The van der Waals surface area contributed by atoms with Crippen LogP contribution in [0.3, 0.4) is 0 Å². The van der Waals surface area contributed by atoms with Crippen LogP contribution in [0.15, 0.2) is 42.5 Å². The van der Waals surface area contributed by atoms with Crippen molar-refractivity contribution in [1.82, 2.24) is 9.97 Å². The van der Waals surface area contributed by atoms with E-state index in [2.05, 4.69) is 25.3 Å². The van der Waals surface area contributed by atoms with Crippen LogP contribution in [0.4, 0.5) is 43.8 Å². The van der Waals surface area contributed by atoms with Crippen molar-refractivity contribution >= 4 is 17.5 Å². The lowest BCUT2D eigenvalue weighted by Crippen LogP contribution is -2.17. The normalized spacial score (nSPS) is 11.3. The number of rotatable bonds is 7. The summed E-state index contributed by atoms with van der Waals surface area (Å²) >= 11 is 0. The van der Waals surface area contributed by atoms with Gasteiger partial charge in [-0.25, -0.2) is 18.2 Å². The molecule has 0 amide bonds. The second-order valence-corrected chi connectivity index (χ2v) is 6.06. The fraction of sp³-hybridized carbons (Fsp3) is 0.158.